The first-order chi connectivity index (χ1) is 25.8. The van der Waals surface area contributed by atoms with Gasteiger partial charge in [-0.1, -0.05) is 38.5 Å². The van der Waals surface area contributed by atoms with Gasteiger partial charge in [0.1, 0.15) is 12.2 Å². The average Bonchev–Trinajstić information content (AvgIpc) is 3.72. The molecule has 0 aromatic rings. The van der Waals surface area contributed by atoms with Crippen LogP contribution in [0.5, 0.6) is 0 Å². The van der Waals surface area contributed by atoms with Crippen LogP contribution in [0.4, 0.5) is 0 Å². The number of esters is 1. The Hall–Kier alpha value is -2.15. The molecule has 3 saturated heterocycles. The largest absolute Gasteiger partial charge is 0.462 e. The first-order valence-electron chi connectivity index (χ1n) is 20.8. The molecule has 304 valence electrons. The Morgan fingerprint density at radius 1 is 0.889 bits per heavy atom. The Balaban J connectivity index is 1.22. The number of amides is 1. The number of cyclic esters (lactones) is 1. The lowest BCUT2D eigenvalue weighted by molar-refractivity contribution is -0.300. The van der Waals surface area contributed by atoms with Crippen molar-refractivity contribution in [1.82, 2.24) is 4.90 Å². The summed E-state index contributed by atoms with van der Waals surface area (Å²) < 4.78 is 44.1. The van der Waals surface area contributed by atoms with E-state index in [1.807, 2.05) is 20.9 Å². The SMILES string of the molecule is CC[C@H]1CCC[C@H](O[C@H]2CC[C@H](N(C)C(C)=O)C(C)O2)[C@@H](C)C(=O)C2=C[C@@H]3[C@@H](C=C(C)[C@@H]4C[C@@H](O[C@@H]5OC(C)[C@H](C)C(OC)C5OC)C[C@@H]34)[C@@H]2CC(=O)O1. The zero-order valence-corrected chi connectivity index (χ0v) is 34.4. The van der Waals surface area contributed by atoms with Gasteiger partial charge in [-0.2, -0.15) is 0 Å². The molecule has 17 atom stereocenters. The summed E-state index contributed by atoms with van der Waals surface area (Å²) >= 11 is 0. The highest BCUT2D eigenvalue weighted by molar-refractivity contribution is 5.99. The molecule has 4 fully saturated rings. The lowest BCUT2D eigenvalue weighted by Crippen LogP contribution is -2.55. The maximum absolute atomic E-state index is 14.8. The molecule has 0 aromatic carbocycles. The summed E-state index contributed by atoms with van der Waals surface area (Å²) in [6.07, 6.45) is 8.47. The number of hydrogen-bond acceptors (Lipinski definition) is 10. The van der Waals surface area contributed by atoms with E-state index in [4.69, 9.17) is 33.2 Å². The van der Waals surface area contributed by atoms with Crippen molar-refractivity contribution in [2.75, 3.05) is 21.3 Å². The van der Waals surface area contributed by atoms with Crippen LogP contribution in [0.2, 0.25) is 0 Å². The lowest BCUT2D eigenvalue weighted by atomic mass is 9.67. The molecule has 0 bridgehead atoms. The Kier molecular flexibility index (Phi) is 13.5. The molecule has 11 heteroatoms. The molecule has 54 heavy (non-hydrogen) atoms. The first-order valence-corrected chi connectivity index (χ1v) is 20.8. The minimum Gasteiger partial charge on any atom is -0.462 e. The van der Waals surface area contributed by atoms with Gasteiger partial charge >= 0.3 is 5.97 Å². The van der Waals surface area contributed by atoms with Gasteiger partial charge in [0.2, 0.25) is 5.91 Å². The summed E-state index contributed by atoms with van der Waals surface area (Å²) in [6.45, 7) is 14.0. The fourth-order valence-electron chi connectivity index (χ4n) is 10.8. The van der Waals surface area contributed by atoms with Crippen molar-refractivity contribution < 1.29 is 47.5 Å². The van der Waals surface area contributed by atoms with Crippen molar-refractivity contribution in [3.63, 3.8) is 0 Å². The van der Waals surface area contributed by atoms with Crippen LogP contribution in [-0.2, 0) is 47.5 Å². The van der Waals surface area contributed by atoms with Crippen molar-refractivity contribution in [1.29, 1.82) is 0 Å². The van der Waals surface area contributed by atoms with E-state index in [0.717, 1.165) is 44.1 Å². The highest BCUT2D eigenvalue weighted by atomic mass is 16.7. The van der Waals surface area contributed by atoms with Crippen molar-refractivity contribution in [2.24, 2.45) is 41.4 Å². The zero-order chi connectivity index (χ0) is 39.0. The van der Waals surface area contributed by atoms with Crippen molar-refractivity contribution in [3.05, 3.63) is 23.3 Å². The second-order valence-corrected chi connectivity index (χ2v) is 17.3. The van der Waals surface area contributed by atoms with Crippen molar-refractivity contribution >= 4 is 17.7 Å². The van der Waals surface area contributed by atoms with E-state index in [1.165, 1.54) is 5.57 Å². The number of Topliss-reactive ketones (excluding diaryl/α,β-unsaturated/α-hetero) is 1. The van der Waals surface area contributed by atoms with E-state index >= 15 is 0 Å². The summed E-state index contributed by atoms with van der Waals surface area (Å²) in [6, 6.07) is -0.0162. The van der Waals surface area contributed by atoms with E-state index in [0.29, 0.717) is 18.8 Å². The molecule has 3 aliphatic carbocycles. The van der Waals surface area contributed by atoms with E-state index in [2.05, 4.69) is 39.8 Å². The maximum atomic E-state index is 14.8. The predicted octanol–water partition coefficient (Wildman–Crippen LogP) is 6.42. The number of methoxy groups -OCH3 is 2. The summed E-state index contributed by atoms with van der Waals surface area (Å²) in [4.78, 5) is 42.2. The standard InChI is InChI=1S/C43H67NO10/c1-11-28-13-12-14-37(54-39-16-15-36(26(6)50-39)44(8)27(7)45)24(4)40(47)35-20-33-31(34(35)21-38(46)52-28)17-22(2)30-18-29(19-32(30)33)53-43-42(49-10)41(48-9)23(3)25(5)51-43/h17,20,23-26,28-34,36-37,39,41-43H,11-16,18-19,21H2,1-10H3/t23-,24+,25?,26?,28-,29+,30-,31+,32+,33+,34-,36-,37-,39-,41?,42?,43-/m0/s1. The number of allylic oxidation sites excluding steroid dienone is 4. The van der Waals surface area contributed by atoms with Gasteiger partial charge < -0.3 is 38.1 Å². The van der Waals surface area contributed by atoms with Gasteiger partial charge in [0, 0.05) is 52.4 Å². The third-order valence-corrected chi connectivity index (χ3v) is 14.2. The van der Waals surface area contributed by atoms with Crippen LogP contribution in [0.25, 0.3) is 0 Å². The highest BCUT2D eigenvalue weighted by Crippen LogP contribution is 2.56. The number of rotatable bonds is 8. The second-order valence-electron chi connectivity index (χ2n) is 17.3. The fourth-order valence-corrected chi connectivity index (χ4v) is 10.8. The number of fused-ring (bicyclic) bond motifs is 5. The monoisotopic (exact) mass is 757 g/mol. The third kappa shape index (κ3) is 8.42. The van der Waals surface area contributed by atoms with Crippen LogP contribution in [0, 0.1) is 41.4 Å². The van der Waals surface area contributed by atoms with E-state index in [1.54, 1.807) is 26.0 Å². The van der Waals surface area contributed by atoms with Gasteiger partial charge in [-0.25, -0.2) is 0 Å². The maximum Gasteiger partial charge on any atom is 0.306 e. The zero-order valence-electron chi connectivity index (χ0n) is 34.4. The van der Waals surface area contributed by atoms with Crippen LogP contribution in [0.15, 0.2) is 23.3 Å². The molecular formula is C43H67NO10. The summed E-state index contributed by atoms with van der Waals surface area (Å²) in [7, 11) is 5.22. The fraction of sp³-hybridized carbons (Fsp3) is 0.837. The number of likely N-dealkylation sites (N-methyl/N-ethyl adjacent to an activating group) is 1. The van der Waals surface area contributed by atoms with Crippen LogP contribution >= 0.6 is 0 Å². The molecule has 1 saturated carbocycles. The van der Waals surface area contributed by atoms with E-state index in [9.17, 15) is 14.4 Å². The highest BCUT2D eigenvalue weighted by Gasteiger charge is 2.53. The van der Waals surface area contributed by atoms with Gasteiger partial charge in [0.15, 0.2) is 18.4 Å². The number of carbonyl (C=O) groups is 3. The normalized spacial score (nSPS) is 44.4. The predicted molar refractivity (Wildman–Crippen MR) is 202 cm³/mol. The Labute approximate surface area is 323 Å². The Morgan fingerprint density at radius 3 is 2.30 bits per heavy atom. The average molecular weight is 758 g/mol. The number of hydrogen-bond donors (Lipinski definition) is 0. The van der Waals surface area contributed by atoms with E-state index in [-0.39, 0.29) is 102 Å². The first kappa shape index (κ1) is 41.5. The van der Waals surface area contributed by atoms with Crippen molar-refractivity contribution in [3.8, 4) is 0 Å². The van der Waals surface area contributed by atoms with Crippen LogP contribution in [-0.4, -0.2) is 105 Å². The third-order valence-electron chi connectivity index (χ3n) is 14.2. The van der Waals surface area contributed by atoms with Crippen molar-refractivity contribution in [2.45, 2.75) is 168 Å². The molecule has 3 aliphatic heterocycles. The minimum atomic E-state index is -0.536. The smallest absolute Gasteiger partial charge is 0.306 e. The molecule has 0 N–H and O–H groups in total. The quantitative estimate of drug-likeness (QED) is 0.203. The Bertz CT molecular complexity index is 1410. The minimum absolute atomic E-state index is 0.0130. The molecule has 6 aliphatic rings. The van der Waals surface area contributed by atoms with Crippen LogP contribution in [0.1, 0.15) is 106 Å². The number of nitrogens with zero attached hydrogens (tertiary/aromatic N) is 1. The molecular weight excluding hydrogens is 690 g/mol. The molecule has 11 nitrogen and oxygen atoms in total. The molecule has 0 radical (unpaired) electrons. The number of ketones is 1. The van der Waals surface area contributed by atoms with Crippen LogP contribution < -0.4 is 0 Å². The second kappa shape index (κ2) is 17.6. The van der Waals surface area contributed by atoms with Gasteiger partial charge in [-0.15, -0.1) is 0 Å². The van der Waals surface area contributed by atoms with Gasteiger partial charge in [0.05, 0.1) is 43.0 Å². The number of ether oxygens (including phenoxy) is 7. The lowest BCUT2D eigenvalue weighted by Gasteiger charge is -2.44. The summed E-state index contributed by atoms with van der Waals surface area (Å²) in [5, 5.41) is 0. The van der Waals surface area contributed by atoms with Gasteiger partial charge in [0.25, 0.3) is 0 Å². The molecule has 0 spiro atoms. The number of carbonyl (C=O) groups excluding carboxylic acids is 3. The molecule has 6 rings (SSSR count). The molecule has 0 aromatic heterocycles. The molecule has 3 heterocycles. The molecule has 1 amide bonds. The van der Waals surface area contributed by atoms with Gasteiger partial charge in [-0.05, 0) is 95.0 Å². The summed E-state index contributed by atoms with van der Waals surface area (Å²) in [5.74, 6) is 0.0459. The van der Waals surface area contributed by atoms with Crippen LogP contribution in [0.3, 0.4) is 0 Å². The summed E-state index contributed by atoms with van der Waals surface area (Å²) in [5.41, 5.74) is 2.05. The van der Waals surface area contributed by atoms with Gasteiger partial charge in [-0.3, -0.25) is 14.4 Å². The van der Waals surface area contributed by atoms with E-state index < -0.39 is 18.5 Å². The molecule has 4 unspecified atom stereocenters. The topological polar surface area (TPSA) is 119 Å². The Morgan fingerprint density at radius 2 is 1.63 bits per heavy atom.